The molecule has 9 heteroatoms. The predicted molar refractivity (Wildman–Crippen MR) is 124 cm³/mol. The number of hydrazine groups is 1. The Morgan fingerprint density at radius 1 is 1.06 bits per heavy atom. The van der Waals surface area contributed by atoms with E-state index in [1.165, 1.54) is 10.4 Å². The molecule has 1 aliphatic rings. The molecule has 0 bridgehead atoms. The fourth-order valence-electron chi connectivity index (χ4n) is 3.47. The summed E-state index contributed by atoms with van der Waals surface area (Å²) in [4.78, 5) is 14.7. The molecule has 160 valence electrons. The smallest absolute Gasteiger partial charge is 0.294 e. The van der Waals surface area contributed by atoms with Gasteiger partial charge < -0.3 is 5.32 Å². The van der Waals surface area contributed by atoms with E-state index < -0.39 is 0 Å². The number of para-hydroxylation sites is 1. The minimum atomic E-state index is -0.195. The van der Waals surface area contributed by atoms with Crippen molar-refractivity contribution in [2.45, 2.75) is 19.8 Å². The summed E-state index contributed by atoms with van der Waals surface area (Å²) in [5.74, 6) is -0.195. The largest absolute Gasteiger partial charge is 0.361 e. The Bertz CT molecular complexity index is 1070. The number of aryl methyl sites for hydroxylation is 1. The fourth-order valence-corrected chi connectivity index (χ4v) is 3.88. The van der Waals surface area contributed by atoms with Gasteiger partial charge in [-0.3, -0.25) is 9.80 Å². The van der Waals surface area contributed by atoms with E-state index in [9.17, 15) is 4.79 Å². The molecule has 4 rings (SSSR count). The average molecular weight is 455 g/mol. The van der Waals surface area contributed by atoms with Gasteiger partial charge in [-0.2, -0.15) is 9.90 Å². The molecular formula is C22H23ClN6OS. The third-order valence-electron chi connectivity index (χ3n) is 5.08. The zero-order valence-corrected chi connectivity index (χ0v) is 18.7. The number of aromatic nitrogens is 3. The highest BCUT2D eigenvalue weighted by atomic mass is 35.5. The van der Waals surface area contributed by atoms with E-state index >= 15 is 0 Å². The van der Waals surface area contributed by atoms with Crippen LogP contribution in [0.3, 0.4) is 0 Å². The van der Waals surface area contributed by atoms with Gasteiger partial charge in [0.2, 0.25) is 0 Å². The van der Waals surface area contributed by atoms with Crippen molar-refractivity contribution in [3.8, 4) is 5.69 Å². The fraction of sp³-hybridized carbons (Fsp3) is 0.273. The summed E-state index contributed by atoms with van der Waals surface area (Å²) >= 11 is 11.5. The van der Waals surface area contributed by atoms with Crippen LogP contribution in [0.1, 0.15) is 28.2 Å². The summed E-state index contributed by atoms with van der Waals surface area (Å²) in [6, 6.07) is 17.3. The van der Waals surface area contributed by atoms with Gasteiger partial charge >= 0.3 is 0 Å². The van der Waals surface area contributed by atoms with Crippen molar-refractivity contribution in [1.29, 1.82) is 0 Å². The van der Waals surface area contributed by atoms with E-state index in [1.54, 1.807) is 11.9 Å². The Kier molecular flexibility index (Phi) is 6.48. The molecule has 0 unspecified atom stereocenters. The van der Waals surface area contributed by atoms with Crippen molar-refractivity contribution < 1.29 is 4.79 Å². The molecule has 1 saturated heterocycles. The molecule has 0 aliphatic carbocycles. The van der Waals surface area contributed by atoms with Gasteiger partial charge in [0.25, 0.3) is 5.91 Å². The topological polar surface area (TPSA) is 66.3 Å². The molecule has 1 amide bonds. The number of hydrogen-bond donors (Lipinski definition) is 1. The zero-order chi connectivity index (χ0) is 21.8. The lowest BCUT2D eigenvalue weighted by molar-refractivity contribution is 0.0484. The number of thiocarbonyl (C=S) groups is 1. The van der Waals surface area contributed by atoms with Gasteiger partial charge in [-0.15, -0.1) is 5.10 Å². The van der Waals surface area contributed by atoms with Gasteiger partial charge in [-0.1, -0.05) is 41.9 Å². The van der Waals surface area contributed by atoms with Crippen LogP contribution < -0.4 is 5.32 Å². The summed E-state index contributed by atoms with van der Waals surface area (Å²) in [6.45, 7) is 3.74. The molecular weight excluding hydrogens is 432 g/mol. The second-order valence-corrected chi connectivity index (χ2v) is 8.10. The average Bonchev–Trinajstić information content (AvgIpc) is 3.42. The van der Waals surface area contributed by atoms with Crippen molar-refractivity contribution in [2.75, 3.05) is 19.6 Å². The first-order valence-corrected chi connectivity index (χ1v) is 10.9. The summed E-state index contributed by atoms with van der Waals surface area (Å²) in [5, 5.41) is 16.8. The van der Waals surface area contributed by atoms with Gasteiger partial charge in [0.15, 0.2) is 10.8 Å². The van der Waals surface area contributed by atoms with Gasteiger partial charge in [-0.25, -0.2) is 5.01 Å². The van der Waals surface area contributed by atoms with Crippen molar-refractivity contribution in [3.63, 3.8) is 0 Å². The lowest BCUT2D eigenvalue weighted by Gasteiger charge is -2.29. The Hall–Kier alpha value is -2.97. The Balaban J connectivity index is 1.40. The number of halogens is 1. The van der Waals surface area contributed by atoms with Crippen LogP contribution >= 0.6 is 23.8 Å². The van der Waals surface area contributed by atoms with Gasteiger partial charge in [0, 0.05) is 24.7 Å². The van der Waals surface area contributed by atoms with Crippen molar-refractivity contribution in [3.05, 3.63) is 76.6 Å². The van der Waals surface area contributed by atoms with Crippen molar-refractivity contribution >= 4 is 34.8 Å². The Labute approximate surface area is 191 Å². The highest BCUT2D eigenvalue weighted by Gasteiger charge is 2.32. The molecule has 1 aliphatic heterocycles. The molecule has 7 nitrogen and oxygen atoms in total. The highest BCUT2D eigenvalue weighted by molar-refractivity contribution is 7.80. The van der Waals surface area contributed by atoms with E-state index in [1.807, 2.05) is 59.6 Å². The molecule has 2 aromatic carbocycles. The Morgan fingerprint density at radius 2 is 1.77 bits per heavy atom. The maximum atomic E-state index is 13.2. The molecule has 2 heterocycles. The standard InChI is InChI=1S/C22H23ClN6OS/c1-16-20(26-29(25-16)19-6-3-2-4-7-19)21(30)27-14-5-15-28(27)22(31)24-13-12-17-8-10-18(23)11-9-17/h2-4,6-11H,5,12-15H2,1H3,(H,24,31). The third kappa shape index (κ3) is 4.86. The van der Waals surface area contributed by atoms with E-state index in [4.69, 9.17) is 23.8 Å². The third-order valence-corrected chi connectivity index (χ3v) is 5.68. The van der Waals surface area contributed by atoms with Crippen LogP contribution in [0.15, 0.2) is 54.6 Å². The minimum absolute atomic E-state index is 0.195. The SMILES string of the molecule is Cc1nn(-c2ccccc2)nc1C(=O)N1CCCN1C(=S)NCCc1ccc(Cl)cc1. The normalized spacial score (nSPS) is 13.5. The molecule has 0 radical (unpaired) electrons. The number of carbonyl (C=O) groups is 1. The summed E-state index contributed by atoms with van der Waals surface area (Å²) in [5.41, 5.74) is 2.89. The first kappa shape index (κ1) is 21.3. The molecule has 1 aromatic heterocycles. The van der Waals surface area contributed by atoms with Crippen LogP contribution in [0, 0.1) is 6.92 Å². The number of hydrogen-bond acceptors (Lipinski definition) is 4. The van der Waals surface area contributed by atoms with Gasteiger partial charge in [0.1, 0.15) is 0 Å². The van der Waals surface area contributed by atoms with E-state index in [0.717, 1.165) is 23.6 Å². The Morgan fingerprint density at radius 3 is 2.52 bits per heavy atom. The van der Waals surface area contributed by atoms with Crippen molar-refractivity contribution in [2.24, 2.45) is 0 Å². The number of nitrogens with one attached hydrogen (secondary N) is 1. The van der Waals surface area contributed by atoms with Crippen LogP contribution in [0.5, 0.6) is 0 Å². The van der Waals surface area contributed by atoms with E-state index in [0.29, 0.717) is 36.1 Å². The molecule has 31 heavy (non-hydrogen) atoms. The molecule has 1 N–H and O–H groups in total. The molecule has 0 saturated carbocycles. The summed E-state index contributed by atoms with van der Waals surface area (Å²) < 4.78 is 0. The van der Waals surface area contributed by atoms with Crippen molar-refractivity contribution in [1.82, 2.24) is 30.3 Å². The van der Waals surface area contributed by atoms with Crippen LogP contribution in [0.4, 0.5) is 0 Å². The molecule has 0 spiro atoms. The highest BCUT2D eigenvalue weighted by Crippen LogP contribution is 2.17. The first-order chi connectivity index (χ1) is 15.0. The second kappa shape index (κ2) is 9.45. The van der Waals surface area contributed by atoms with E-state index in [2.05, 4.69) is 15.5 Å². The molecule has 3 aromatic rings. The zero-order valence-electron chi connectivity index (χ0n) is 17.2. The van der Waals surface area contributed by atoms with Gasteiger partial charge in [-0.05, 0) is 61.8 Å². The lowest BCUT2D eigenvalue weighted by Crippen LogP contribution is -2.49. The molecule has 1 fully saturated rings. The van der Waals surface area contributed by atoms with Gasteiger partial charge in [0.05, 0.1) is 11.4 Å². The minimum Gasteiger partial charge on any atom is -0.361 e. The molecule has 0 atom stereocenters. The summed E-state index contributed by atoms with van der Waals surface area (Å²) in [6.07, 6.45) is 1.65. The number of carbonyl (C=O) groups excluding carboxylic acids is 1. The van der Waals surface area contributed by atoms with Crippen LogP contribution in [-0.2, 0) is 6.42 Å². The number of benzene rings is 2. The maximum Gasteiger partial charge on any atom is 0.294 e. The lowest BCUT2D eigenvalue weighted by atomic mass is 10.1. The maximum absolute atomic E-state index is 13.2. The second-order valence-electron chi connectivity index (χ2n) is 7.27. The quantitative estimate of drug-likeness (QED) is 0.596. The van der Waals surface area contributed by atoms with Crippen LogP contribution in [-0.4, -0.2) is 55.7 Å². The monoisotopic (exact) mass is 454 g/mol. The number of nitrogens with zero attached hydrogens (tertiary/aromatic N) is 5. The van der Waals surface area contributed by atoms with Crippen LogP contribution in [0.2, 0.25) is 5.02 Å². The summed E-state index contributed by atoms with van der Waals surface area (Å²) in [7, 11) is 0. The number of rotatable bonds is 5. The number of amides is 1. The predicted octanol–water partition coefficient (Wildman–Crippen LogP) is 3.41. The van der Waals surface area contributed by atoms with E-state index in [-0.39, 0.29) is 5.91 Å². The first-order valence-electron chi connectivity index (χ1n) is 10.1. The van der Waals surface area contributed by atoms with Crippen LogP contribution in [0.25, 0.3) is 5.69 Å².